The third-order valence-corrected chi connectivity index (χ3v) is 4.20. The van der Waals surface area contributed by atoms with Crippen LogP contribution in [0.1, 0.15) is 24.5 Å². The lowest BCUT2D eigenvalue weighted by molar-refractivity contribution is -0.140. The van der Waals surface area contributed by atoms with Crippen LogP contribution in [0.5, 0.6) is 5.75 Å². The molecule has 0 spiro atoms. The van der Waals surface area contributed by atoms with Gasteiger partial charge in [-0.3, -0.25) is 4.79 Å². The summed E-state index contributed by atoms with van der Waals surface area (Å²) < 4.78 is 11.1. The number of hydrogen-bond donors (Lipinski definition) is 1. The van der Waals surface area contributed by atoms with Gasteiger partial charge in [-0.15, -0.1) is 12.4 Å². The van der Waals surface area contributed by atoms with Crippen LogP contribution in [0.2, 0.25) is 0 Å². The van der Waals surface area contributed by atoms with Crippen molar-refractivity contribution in [3.63, 3.8) is 0 Å². The summed E-state index contributed by atoms with van der Waals surface area (Å²) in [6.07, 6.45) is 1.96. The molecular formula is C16H23ClN2O3. The monoisotopic (exact) mass is 326 g/mol. The molecule has 0 aliphatic carbocycles. The number of rotatable bonds is 3. The molecule has 2 saturated heterocycles. The van der Waals surface area contributed by atoms with Gasteiger partial charge in [-0.25, -0.2) is 0 Å². The van der Waals surface area contributed by atoms with E-state index in [-0.39, 0.29) is 30.5 Å². The van der Waals surface area contributed by atoms with Crippen LogP contribution < -0.4 is 10.1 Å². The van der Waals surface area contributed by atoms with Gasteiger partial charge in [-0.05, 0) is 37.1 Å². The zero-order valence-electron chi connectivity index (χ0n) is 12.8. The van der Waals surface area contributed by atoms with Crippen molar-refractivity contribution in [2.45, 2.75) is 25.0 Å². The van der Waals surface area contributed by atoms with Crippen LogP contribution in [0, 0.1) is 0 Å². The van der Waals surface area contributed by atoms with Gasteiger partial charge in [0.05, 0.1) is 26.3 Å². The molecule has 2 aliphatic rings. The summed E-state index contributed by atoms with van der Waals surface area (Å²) in [7, 11) is 1.66. The zero-order chi connectivity index (χ0) is 14.7. The maximum absolute atomic E-state index is 12.5. The van der Waals surface area contributed by atoms with Crippen molar-refractivity contribution in [3.8, 4) is 5.75 Å². The molecule has 2 aliphatic heterocycles. The molecule has 1 aromatic rings. The van der Waals surface area contributed by atoms with Crippen molar-refractivity contribution in [2.24, 2.45) is 0 Å². The van der Waals surface area contributed by atoms with Gasteiger partial charge in [0.15, 0.2) is 0 Å². The maximum Gasteiger partial charge on any atom is 0.239 e. The topological polar surface area (TPSA) is 50.8 Å². The van der Waals surface area contributed by atoms with E-state index in [4.69, 9.17) is 9.47 Å². The molecule has 2 heterocycles. The zero-order valence-corrected chi connectivity index (χ0v) is 13.6. The van der Waals surface area contributed by atoms with E-state index in [0.29, 0.717) is 19.7 Å². The Bertz CT molecular complexity index is 506. The lowest BCUT2D eigenvalue weighted by atomic mass is 10.1. The van der Waals surface area contributed by atoms with Crippen molar-refractivity contribution in [1.29, 1.82) is 0 Å². The van der Waals surface area contributed by atoms with E-state index in [1.165, 1.54) is 0 Å². The summed E-state index contributed by atoms with van der Waals surface area (Å²) >= 11 is 0. The predicted molar refractivity (Wildman–Crippen MR) is 86.5 cm³/mol. The Kier molecular flexibility index (Phi) is 6.06. The highest BCUT2D eigenvalue weighted by atomic mass is 35.5. The maximum atomic E-state index is 12.5. The second-order valence-electron chi connectivity index (χ2n) is 5.57. The number of ether oxygens (including phenoxy) is 2. The van der Waals surface area contributed by atoms with Crippen molar-refractivity contribution in [1.82, 2.24) is 10.2 Å². The molecule has 22 heavy (non-hydrogen) atoms. The van der Waals surface area contributed by atoms with E-state index in [1.807, 2.05) is 29.2 Å². The minimum absolute atomic E-state index is 0. The molecule has 0 saturated carbocycles. The smallest absolute Gasteiger partial charge is 0.239 e. The van der Waals surface area contributed by atoms with Crippen LogP contribution in [0.25, 0.3) is 0 Å². The number of carbonyl (C=O) groups excluding carboxylic acids is 1. The van der Waals surface area contributed by atoms with Gasteiger partial charge >= 0.3 is 0 Å². The van der Waals surface area contributed by atoms with Crippen LogP contribution >= 0.6 is 12.4 Å². The lowest BCUT2D eigenvalue weighted by Gasteiger charge is -2.34. The summed E-state index contributed by atoms with van der Waals surface area (Å²) in [5.41, 5.74) is 1.06. The van der Waals surface area contributed by atoms with Crippen LogP contribution in [0.3, 0.4) is 0 Å². The third-order valence-electron chi connectivity index (χ3n) is 4.20. The molecule has 0 bridgehead atoms. The number of morpholine rings is 1. The minimum atomic E-state index is -0.0702. The lowest BCUT2D eigenvalue weighted by Crippen LogP contribution is -2.49. The highest BCUT2D eigenvalue weighted by molar-refractivity contribution is 5.85. The van der Waals surface area contributed by atoms with E-state index in [9.17, 15) is 4.79 Å². The van der Waals surface area contributed by atoms with Crippen LogP contribution in [0.4, 0.5) is 0 Å². The van der Waals surface area contributed by atoms with Crippen molar-refractivity contribution < 1.29 is 14.3 Å². The molecule has 5 nitrogen and oxygen atoms in total. The summed E-state index contributed by atoms with van der Waals surface area (Å²) in [5.74, 6) is 1.03. The molecule has 2 fully saturated rings. The van der Waals surface area contributed by atoms with Crippen molar-refractivity contribution in [2.75, 3.05) is 33.4 Å². The molecule has 1 amide bonds. The number of methoxy groups -OCH3 is 1. The largest absolute Gasteiger partial charge is 0.497 e. The minimum Gasteiger partial charge on any atom is -0.497 e. The van der Waals surface area contributed by atoms with Gasteiger partial charge in [0.25, 0.3) is 0 Å². The molecular weight excluding hydrogens is 304 g/mol. The standard InChI is InChI=1S/C16H22N2O3.ClH/c1-20-13-5-2-4-12(10-13)15-11-18(8-9-21-15)16(19)14-6-3-7-17-14;/h2,4-5,10,14-15,17H,3,6-9,11H2,1H3;1H. The Balaban J connectivity index is 0.00000176. The van der Waals surface area contributed by atoms with Crippen molar-refractivity contribution in [3.05, 3.63) is 29.8 Å². The SMILES string of the molecule is COc1cccc(C2CN(C(=O)C3CCCN3)CCO2)c1.Cl. The van der Waals surface area contributed by atoms with Gasteiger partial charge in [0.2, 0.25) is 5.91 Å². The first-order valence-electron chi connectivity index (χ1n) is 7.55. The number of benzene rings is 1. The Labute approximate surface area is 137 Å². The summed E-state index contributed by atoms with van der Waals surface area (Å²) in [5, 5.41) is 3.27. The normalized spacial score (nSPS) is 24.7. The average molecular weight is 327 g/mol. The molecule has 0 aromatic heterocycles. The molecule has 2 unspecified atom stereocenters. The molecule has 2 atom stereocenters. The fourth-order valence-corrected chi connectivity index (χ4v) is 3.01. The quantitative estimate of drug-likeness (QED) is 0.919. The number of nitrogens with zero attached hydrogens (tertiary/aromatic N) is 1. The first-order valence-corrected chi connectivity index (χ1v) is 7.55. The van der Waals surface area contributed by atoms with Crippen molar-refractivity contribution >= 4 is 18.3 Å². The highest BCUT2D eigenvalue weighted by Gasteiger charge is 2.31. The van der Waals surface area contributed by atoms with E-state index < -0.39 is 0 Å². The third kappa shape index (κ3) is 3.72. The first kappa shape index (κ1) is 17.1. The van der Waals surface area contributed by atoms with Crippen LogP contribution in [-0.2, 0) is 9.53 Å². The summed E-state index contributed by atoms with van der Waals surface area (Å²) in [4.78, 5) is 14.4. The second kappa shape index (κ2) is 7.81. The predicted octanol–water partition coefficient (Wildman–Crippen LogP) is 1.77. The van der Waals surface area contributed by atoms with E-state index in [0.717, 1.165) is 30.7 Å². The van der Waals surface area contributed by atoms with Gasteiger partial charge in [0, 0.05) is 6.54 Å². The molecule has 1 aromatic carbocycles. The molecule has 6 heteroatoms. The van der Waals surface area contributed by atoms with Gasteiger partial charge in [-0.2, -0.15) is 0 Å². The summed E-state index contributed by atoms with van der Waals surface area (Å²) in [6.45, 7) is 2.82. The van der Waals surface area contributed by atoms with Gasteiger partial charge < -0.3 is 19.7 Å². The van der Waals surface area contributed by atoms with E-state index in [1.54, 1.807) is 7.11 Å². The number of halogens is 1. The fourth-order valence-electron chi connectivity index (χ4n) is 3.01. The second-order valence-corrected chi connectivity index (χ2v) is 5.57. The van der Waals surface area contributed by atoms with Gasteiger partial charge in [-0.1, -0.05) is 12.1 Å². The van der Waals surface area contributed by atoms with Crippen LogP contribution in [-0.4, -0.2) is 50.2 Å². The van der Waals surface area contributed by atoms with E-state index >= 15 is 0 Å². The summed E-state index contributed by atoms with van der Waals surface area (Å²) in [6, 6.07) is 7.87. The Hall–Kier alpha value is -1.30. The number of hydrogen-bond acceptors (Lipinski definition) is 4. The number of nitrogens with one attached hydrogen (secondary N) is 1. The van der Waals surface area contributed by atoms with Crippen LogP contribution in [0.15, 0.2) is 24.3 Å². The highest BCUT2D eigenvalue weighted by Crippen LogP contribution is 2.26. The molecule has 3 rings (SSSR count). The molecule has 1 N–H and O–H groups in total. The fraction of sp³-hybridized carbons (Fsp3) is 0.562. The molecule has 122 valence electrons. The number of amides is 1. The Morgan fingerprint density at radius 2 is 2.32 bits per heavy atom. The van der Waals surface area contributed by atoms with Gasteiger partial charge in [0.1, 0.15) is 11.9 Å². The average Bonchev–Trinajstić information content (AvgIpc) is 3.09. The number of carbonyl (C=O) groups is 1. The first-order chi connectivity index (χ1) is 10.3. The van der Waals surface area contributed by atoms with E-state index in [2.05, 4.69) is 5.32 Å². The molecule has 0 radical (unpaired) electrons. The Morgan fingerprint density at radius 3 is 3.05 bits per heavy atom. The Morgan fingerprint density at radius 1 is 1.45 bits per heavy atom.